The first-order valence-electron chi connectivity index (χ1n) is 6.37. The second-order valence-electron chi connectivity index (χ2n) is 5.60. The van der Waals surface area contributed by atoms with Crippen LogP contribution < -0.4 is 0 Å². The molecule has 0 saturated carbocycles. The number of carbonyl (C=O) groups excluding carboxylic acids is 2. The molecule has 1 saturated heterocycles. The zero-order chi connectivity index (χ0) is 13.9. The summed E-state index contributed by atoms with van der Waals surface area (Å²) in [6.45, 7) is 7.99. The molecule has 1 fully saturated rings. The number of hydrogen-bond acceptors (Lipinski definition) is 4. The lowest BCUT2D eigenvalue weighted by Gasteiger charge is -2.28. The highest BCUT2D eigenvalue weighted by Gasteiger charge is 2.43. The smallest absolute Gasteiger partial charge is 0.411 e. The average molecular weight is 257 g/mol. The van der Waals surface area contributed by atoms with Gasteiger partial charge in [-0.3, -0.25) is 4.90 Å². The largest absolute Gasteiger partial charge is 0.467 e. The Kier molecular flexibility index (Phi) is 4.59. The van der Waals surface area contributed by atoms with Crippen LogP contribution in [0.5, 0.6) is 0 Å². The number of likely N-dealkylation sites (tertiary alicyclic amines) is 1. The summed E-state index contributed by atoms with van der Waals surface area (Å²) in [5, 5.41) is 0. The summed E-state index contributed by atoms with van der Waals surface area (Å²) in [4.78, 5) is 25.3. The monoisotopic (exact) mass is 257 g/mol. The van der Waals surface area contributed by atoms with Crippen molar-refractivity contribution in [2.75, 3.05) is 13.7 Å². The first-order chi connectivity index (χ1) is 8.30. The van der Waals surface area contributed by atoms with Crippen LogP contribution in [-0.4, -0.2) is 42.3 Å². The van der Waals surface area contributed by atoms with E-state index in [9.17, 15) is 9.59 Å². The molecule has 0 aromatic carbocycles. The topological polar surface area (TPSA) is 55.8 Å². The molecule has 0 bridgehead atoms. The molecule has 0 spiro atoms. The van der Waals surface area contributed by atoms with E-state index in [4.69, 9.17) is 9.47 Å². The van der Waals surface area contributed by atoms with Crippen LogP contribution in [0.15, 0.2) is 0 Å². The average Bonchev–Trinajstić information content (AvgIpc) is 2.69. The minimum atomic E-state index is -0.554. The van der Waals surface area contributed by atoms with E-state index in [1.807, 2.05) is 27.7 Å². The summed E-state index contributed by atoms with van der Waals surface area (Å²) in [5.74, 6) is -0.199. The lowest BCUT2D eigenvalue weighted by atomic mass is 9.98. The maximum atomic E-state index is 12.0. The molecule has 0 unspecified atom stereocenters. The molecule has 0 N–H and O–H groups in total. The van der Waals surface area contributed by atoms with E-state index >= 15 is 0 Å². The molecule has 2 atom stereocenters. The van der Waals surface area contributed by atoms with Gasteiger partial charge in [-0.1, -0.05) is 13.3 Å². The Labute approximate surface area is 108 Å². The van der Waals surface area contributed by atoms with Gasteiger partial charge in [-0.05, 0) is 33.1 Å². The Bertz CT molecular complexity index is 321. The minimum Gasteiger partial charge on any atom is -0.467 e. The van der Waals surface area contributed by atoms with E-state index < -0.39 is 17.7 Å². The van der Waals surface area contributed by atoms with Gasteiger partial charge in [-0.2, -0.15) is 0 Å². The molecule has 1 heterocycles. The molecular weight excluding hydrogens is 234 g/mol. The van der Waals surface area contributed by atoms with Crippen LogP contribution in [0, 0.1) is 5.92 Å². The van der Waals surface area contributed by atoms with E-state index in [0.29, 0.717) is 6.54 Å². The fraction of sp³-hybridized carbons (Fsp3) is 0.846. The van der Waals surface area contributed by atoms with E-state index in [1.165, 1.54) is 12.0 Å². The predicted molar refractivity (Wildman–Crippen MR) is 67.1 cm³/mol. The van der Waals surface area contributed by atoms with Crippen molar-refractivity contribution in [3.8, 4) is 0 Å². The Morgan fingerprint density at radius 1 is 1.33 bits per heavy atom. The van der Waals surface area contributed by atoms with E-state index in [1.54, 1.807) is 0 Å². The highest BCUT2D eigenvalue weighted by Crippen LogP contribution is 2.29. The van der Waals surface area contributed by atoms with Crippen LogP contribution in [0.3, 0.4) is 0 Å². The summed E-state index contributed by atoms with van der Waals surface area (Å²) < 4.78 is 10.1. The second kappa shape index (κ2) is 5.59. The molecule has 5 nitrogen and oxygen atoms in total. The second-order valence-corrected chi connectivity index (χ2v) is 5.60. The number of ether oxygens (including phenoxy) is 2. The third kappa shape index (κ3) is 3.37. The summed E-state index contributed by atoms with van der Waals surface area (Å²) >= 11 is 0. The van der Waals surface area contributed by atoms with Gasteiger partial charge in [0.1, 0.15) is 11.6 Å². The van der Waals surface area contributed by atoms with Gasteiger partial charge in [-0.15, -0.1) is 0 Å². The molecule has 18 heavy (non-hydrogen) atoms. The molecule has 1 amide bonds. The number of amides is 1. The lowest BCUT2D eigenvalue weighted by Crippen LogP contribution is -2.46. The molecule has 1 rings (SSSR count). The first kappa shape index (κ1) is 14.8. The van der Waals surface area contributed by atoms with Crippen molar-refractivity contribution in [1.29, 1.82) is 0 Å². The molecule has 1 aliphatic heterocycles. The Morgan fingerprint density at radius 2 is 1.94 bits per heavy atom. The Balaban J connectivity index is 2.81. The number of hydrogen-bond donors (Lipinski definition) is 0. The number of esters is 1. The molecule has 1 aliphatic rings. The van der Waals surface area contributed by atoms with Gasteiger partial charge in [-0.25, -0.2) is 9.59 Å². The highest BCUT2D eigenvalue weighted by atomic mass is 16.6. The zero-order valence-corrected chi connectivity index (χ0v) is 11.9. The number of carbonyl (C=O) groups is 2. The zero-order valence-electron chi connectivity index (χ0n) is 11.9. The summed E-state index contributed by atoms with van der Waals surface area (Å²) in [7, 11) is 1.35. The van der Waals surface area contributed by atoms with Crippen molar-refractivity contribution in [2.24, 2.45) is 5.92 Å². The Morgan fingerprint density at radius 3 is 2.39 bits per heavy atom. The van der Waals surface area contributed by atoms with Crippen LogP contribution in [0.2, 0.25) is 0 Å². The normalized spacial score (nSPS) is 23.9. The van der Waals surface area contributed by atoms with Crippen molar-refractivity contribution in [1.82, 2.24) is 4.90 Å². The maximum Gasteiger partial charge on any atom is 0.411 e. The van der Waals surface area contributed by atoms with Gasteiger partial charge < -0.3 is 9.47 Å². The maximum absolute atomic E-state index is 12.0. The van der Waals surface area contributed by atoms with Crippen LogP contribution in [0.1, 0.15) is 40.5 Å². The van der Waals surface area contributed by atoms with Crippen LogP contribution in [0.4, 0.5) is 4.79 Å². The molecular formula is C13H23NO4. The van der Waals surface area contributed by atoms with E-state index in [2.05, 4.69) is 0 Å². The SMILES string of the molecule is CC[C@@H]1CCN(C(=O)OC(C)(C)C)[C@H]1C(=O)OC. The van der Waals surface area contributed by atoms with Gasteiger partial charge in [0, 0.05) is 6.54 Å². The Hall–Kier alpha value is -1.26. The van der Waals surface area contributed by atoms with Crippen molar-refractivity contribution in [2.45, 2.75) is 52.2 Å². The van der Waals surface area contributed by atoms with Crippen LogP contribution >= 0.6 is 0 Å². The van der Waals surface area contributed by atoms with E-state index in [-0.39, 0.29) is 11.9 Å². The van der Waals surface area contributed by atoms with Crippen LogP contribution in [-0.2, 0) is 14.3 Å². The van der Waals surface area contributed by atoms with Crippen molar-refractivity contribution in [3.63, 3.8) is 0 Å². The predicted octanol–water partition coefficient (Wildman–Crippen LogP) is 2.20. The van der Waals surface area contributed by atoms with Gasteiger partial charge >= 0.3 is 12.1 Å². The molecule has 5 heteroatoms. The fourth-order valence-electron chi connectivity index (χ4n) is 2.25. The van der Waals surface area contributed by atoms with Crippen molar-refractivity contribution < 1.29 is 19.1 Å². The van der Waals surface area contributed by atoms with Crippen molar-refractivity contribution in [3.05, 3.63) is 0 Å². The third-order valence-corrected chi connectivity index (χ3v) is 3.12. The molecule has 0 aliphatic carbocycles. The molecule has 0 radical (unpaired) electrons. The fourth-order valence-corrected chi connectivity index (χ4v) is 2.25. The highest BCUT2D eigenvalue weighted by molar-refractivity contribution is 5.82. The van der Waals surface area contributed by atoms with Gasteiger partial charge in [0.2, 0.25) is 0 Å². The number of nitrogens with zero attached hydrogens (tertiary/aromatic N) is 1. The summed E-state index contributed by atoms with van der Waals surface area (Å²) in [6, 6.07) is -0.505. The quantitative estimate of drug-likeness (QED) is 0.712. The summed E-state index contributed by atoms with van der Waals surface area (Å²) in [6.07, 6.45) is 1.23. The number of methoxy groups -OCH3 is 1. The van der Waals surface area contributed by atoms with Gasteiger partial charge in [0.15, 0.2) is 0 Å². The van der Waals surface area contributed by atoms with Gasteiger partial charge in [0.05, 0.1) is 7.11 Å². The third-order valence-electron chi connectivity index (χ3n) is 3.12. The molecule has 104 valence electrons. The van der Waals surface area contributed by atoms with Crippen molar-refractivity contribution >= 4 is 12.1 Å². The first-order valence-corrected chi connectivity index (χ1v) is 6.37. The lowest BCUT2D eigenvalue weighted by molar-refractivity contribution is -0.147. The molecule has 0 aromatic heterocycles. The molecule has 0 aromatic rings. The van der Waals surface area contributed by atoms with Crippen LogP contribution in [0.25, 0.3) is 0 Å². The minimum absolute atomic E-state index is 0.157. The number of rotatable bonds is 2. The van der Waals surface area contributed by atoms with E-state index in [0.717, 1.165) is 12.8 Å². The standard InChI is InChI=1S/C13H23NO4/c1-6-9-7-8-14(10(9)11(15)17-5)12(16)18-13(2,3)4/h9-10H,6-8H2,1-5H3/t9-,10-/m1/s1. The summed E-state index contributed by atoms with van der Waals surface area (Å²) in [5.41, 5.74) is -0.554. The van der Waals surface area contributed by atoms with Gasteiger partial charge in [0.25, 0.3) is 0 Å².